The summed E-state index contributed by atoms with van der Waals surface area (Å²) < 4.78 is 6.52. The first-order valence-corrected chi connectivity index (χ1v) is 10.7. The van der Waals surface area contributed by atoms with Crippen LogP contribution in [0.2, 0.25) is 0 Å². The molecule has 0 spiro atoms. The van der Waals surface area contributed by atoms with Crippen molar-refractivity contribution in [2.45, 2.75) is 72.3 Å². The smallest absolute Gasteiger partial charge is 0.306 e. The summed E-state index contributed by atoms with van der Waals surface area (Å²) in [6.07, 6.45) is 6.91. The van der Waals surface area contributed by atoms with Crippen molar-refractivity contribution < 1.29 is 9.53 Å². The standard InChI is InChI=1S/C23H36BrNO2/c1-8-10-19(11-9-12-22(26)27-23(4,5)6)15-25(7)16-20-14-21(24)18(3)13-17(20)2/h13-14,16,19H,2,8-12,15H2,1,3-7H3/b20-16-. The Morgan fingerprint density at radius 3 is 2.59 bits per heavy atom. The highest BCUT2D eigenvalue weighted by Gasteiger charge is 2.17. The lowest BCUT2D eigenvalue weighted by Crippen LogP contribution is -2.30. The van der Waals surface area contributed by atoms with Gasteiger partial charge in [0.1, 0.15) is 5.60 Å². The van der Waals surface area contributed by atoms with E-state index in [2.05, 4.69) is 66.6 Å². The lowest BCUT2D eigenvalue weighted by Gasteiger charge is -2.23. The van der Waals surface area contributed by atoms with E-state index < -0.39 is 5.60 Å². The van der Waals surface area contributed by atoms with Gasteiger partial charge in [-0.15, -0.1) is 0 Å². The third kappa shape index (κ3) is 9.46. The lowest BCUT2D eigenvalue weighted by atomic mass is 9.96. The molecule has 1 unspecified atom stereocenters. The van der Waals surface area contributed by atoms with Crippen LogP contribution in [0, 0.1) is 12.8 Å². The lowest BCUT2D eigenvalue weighted by molar-refractivity contribution is -0.154. The summed E-state index contributed by atoms with van der Waals surface area (Å²) in [5.74, 6) is 0.477. The Labute approximate surface area is 173 Å². The Bertz CT molecular complexity index is 721. The van der Waals surface area contributed by atoms with Gasteiger partial charge in [-0.2, -0.15) is 0 Å². The second kappa shape index (κ2) is 10.9. The van der Waals surface area contributed by atoms with Crippen LogP contribution in [-0.2, 0) is 9.53 Å². The molecule has 1 rings (SSSR count). The largest absolute Gasteiger partial charge is 0.460 e. The molecule has 0 aromatic heterocycles. The van der Waals surface area contributed by atoms with Gasteiger partial charge in [-0.25, -0.2) is 0 Å². The van der Waals surface area contributed by atoms with Crippen LogP contribution in [0.5, 0.6) is 0 Å². The molecular formula is C23H36BrNO2. The van der Waals surface area contributed by atoms with Crippen LogP contribution in [0.15, 0.2) is 16.6 Å². The maximum atomic E-state index is 11.9. The highest BCUT2D eigenvalue weighted by molar-refractivity contribution is 9.10. The van der Waals surface area contributed by atoms with E-state index in [1.807, 2.05) is 20.8 Å². The van der Waals surface area contributed by atoms with Gasteiger partial charge in [0.25, 0.3) is 0 Å². The summed E-state index contributed by atoms with van der Waals surface area (Å²) in [6.45, 7) is 15.2. The molecular weight excluding hydrogens is 402 g/mol. The first kappa shape index (κ1) is 23.7. The summed E-state index contributed by atoms with van der Waals surface area (Å²) in [6, 6.07) is 4.24. The van der Waals surface area contributed by atoms with Gasteiger partial charge in [-0.05, 0) is 74.9 Å². The Balaban J connectivity index is 2.66. The fraction of sp³-hybridized carbons (Fsp3) is 0.609. The number of halogens is 1. The van der Waals surface area contributed by atoms with E-state index >= 15 is 0 Å². The number of hydrogen-bond acceptors (Lipinski definition) is 3. The minimum atomic E-state index is -0.400. The third-order valence-electron chi connectivity index (χ3n) is 4.44. The fourth-order valence-corrected chi connectivity index (χ4v) is 3.60. The van der Waals surface area contributed by atoms with E-state index in [9.17, 15) is 4.79 Å². The Morgan fingerprint density at radius 1 is 1.33 bits per heavy atom. The molecule has 0 N–H and O–H groups in total. The van der Waals surface area contributed by atoms with E-state index in [1.165, 1.54) is 12.0 Å². The first-order chi connectivity index (χ1) is 12.5. The van der Waals surface area contributed by atoms with Crippen LogP contribution in [0.1, 0.15) is 65.4 Å². The van der Waals surface area contributed by atoms with Gasteiger partial charge in [0, 0.05) is 30.7 Å². The van der Waals surface area contributed by atoms with E-state index in [1.54, 1.807) is 0 Å². The number of carbonyl (C=O) groups is 1. The number of ether oxygens (including phenoxy) is 1. The van der Waals surface area contributed by atoms with Crippen LogP contribution in [0.25, 0.3) is 12.8 Å². The van der Waals surface area contributed by atoms with E-state index in [4.69, 9.17) is 4.74 Å². The molecule has 0 aliphatic heterocycles. The number of benzene rings is 1. The molecule has 0 amide bonds. The summed E-state index contributed by atoms with van der Waals surface area (Å²) in [4.78, 5) is 14.2. The highest BCUT2D eigenvalue weighted by atomic mass is 79.9. The second-order valence-corrected chi connectivity index (χ2v) is 9.36. The molecule has 0 aliphatic rings. The van der Waals surface area contributed by atoms with Crippen LogP contribution in [0.3, 0.4) is 0 Å². The number of nitrogens with zero attached hydrogens (tertiary/aromatic N) is 1. The van der Waals surface area contributed by atoms with Crippen LogP contribution in [-0.4, -0.2) is 30.1 Å². The van der Waals surface area contributed by atoms with Gasteiger partial charge in [0.15, 0.2) is 0 Å². The fourth-order valence-electron chi connectivity index (χ4n) is 3.24. The summed E-state index contributed by atoms with van der Waals surface area (Å²) in [5, 5.41) is 2.18. The molecule has 1 aromatic carbocycles. The number of hydrogen-bond donors (Lipinski definition) is 0. The van der Waals surface area contributed by atoms with E-state index in [0.29, 0.717) is 12.3 Å². The minimum Gasteiger partial charge on any atom is -0.460 e. The van der Waals surface area contributed by atoms with Crippen LogP contribution in [0.4, 0.5) is 0 Å². The molecule has 27 heavy (non-hydrogen) atoms. The average molecular weight is 438 g/mol. The second-order valence-electron chi connectivity index (χ2n) is 8.50. The zero-order valence-corrected chi connectivity index (χ0v) is 19.5. The molecule has 3 nitrogen and oxygen atoms in total. The number of esters is 1. The molecule has 0 aliphatic carbocycles. The average Bonchev–Trinajstić information content (AvgIpc) is 2.51. The van der Waals surface area contributed by atoms with E-state index in [-0.39, 0.29) is 5.97 Å². The van der Waals surface area contributed by atoms with Gasteiger partial charge in [0.2, 0.25) is 0 Å². The Kier molecular flexibility index (Phi) is 9.58. The van der Waals surface area contributed by atoms with Gasteiger partial charge in [0.05, 0.1) is 0 Å². The maximum Gasteiger partial charge on any atom is 0.306 e. The summed E-state index contributed by atoms with van der Waals surface area (Å²) in [7, 11) is 2.11. The minimum absolute atomic E-state index is 0.0936. The Hall–Kier alpha value is -1.29. The molecule has 152 valence electrons. The summed E-state index contributed by atoms with van der Waals surface area (Å²) in [5.41, 5.74) is 0.800. The van der Waals surface area contributed by atoms with Gasteiger partial charge in [-0.3, -0.25) is 4.79 Å². The zero-order chi connectivity index (χ0) is 20.6. The molecule has 4 heteroatoms. The van der Waals surface area contributed by atoms with Crippen molar-refractivity contribution in [1.29, 1.82) is 0 Å². The molecule has 0 bridgehead atoms. The van der Waals surface area contributed by atoms with Crippen molar-refractivity contribution in [3.05, 3.63) is 32.6 Å². The van der Waals surface area contributed by atoms with E-state index in [0.717, 1.165) is 40.7 Å². The van der Waals surface area contributed by atoms with Crippen molar-refractivity contribution >= 4 is 34.7 Å². The Morgan fingerprint density at radius 2 is 2.00 bits per heavy atom. The summed E-state index contributed by atoms with van der Waals surface area (Å²) >= 11 is 3.60. The molecule has 0 saturated carbocycles. The van der Waals surface area contributed by atoms with Crippen molar-refractivity contribution in [3.8, 4) is 0 Å². The zero-order valence-electron chi connectivity index (χ0n) is 17.9. The molecule has 0 fully saturated rings. The van der Waals surface area contributed by atoms with Crippen molar-refractivity contribution in [2.75, 3.05) is 13.6 Å². The normalized spacial score (nSPS) is 13.5. The molecule has 0 heterocycles. The number of rotatable bonds is 9. The monoisotopic (exact) mass is 437 g/mol. The third-order valence-corrected chi connectivity index (χ3v) is 5.29. The van der Waals surface area contributed by atoms with Gasteiger partial charge in [-0.1, -0.05) is 41.9 Å². The molecule has 1 atom stereocenters. The number of carbonyl (C=O) groups excluding carboxylic acids is 1. The molecule has 0 saturated heterocycles. The van der Waals surface area contributed by atoms with Gasteiger partial charge < -0.3 is 9.64 Å². The van der Waals surface area contributed by atoms with Crippen molar-refractivity contribution in [1.82, 2.24) is 4.90 Å². The van der Waals surface area contributed by atoms with Crippen molar-refractivity contribution in [2.24, 2.45) is 5.92 Å². The highest BCUT2D eigenvalue weighted by Crippen LogP contribution is 2.18. The van der Waals surface area contributed by atoms with Crippen LogP contribution >= 0.6 is 15.9 Å². The molecule has 1 aromatic rings. The SMILES string of the molecule is C=c1cc(C)c(Br)c/c1=C/N(C)CC(CCC)CCCC(=O)OC(C)(C)C. The predicted octanol–water partition coefficient (Wildman–Crippen LogP) is 4.77. The van der Waals surface area contributed by atoms with Crippen molar-refractivity contribution in [3.63, 3.8) is 0 Å². The first-order valence-electron chi connectivity index (χ1n) is 9.91. The topological polar surface area (TPSA) is 29.5 Å². The molecule has 0 radical (unpaired) electrons. The van der Waals surface area contributed by atoms with Crippen LogP contribution < -0.4 is 10.4 Å². The maximum absolute atomic E-state index is 11.9. The van der Waals surface area contributed by atoms with Gasteiger partial charge >= 0.3 is 5.97 Å². The quantitative estimate of drug-likeness (QED) is 0.521. The number of aryl methyl sites for hydroxylation is 1. The predicted molar refractivity (Wildman–Crippen MR) is 119 cm³/mol.